The lowest BCUT2D eigenvalue weighted by molar-refractivity contribution is -0.185. The molecule has 0 aromatic heterocycles. The highest BCUT2D eigenvalue weighted by Gasteiger charge is 2.62. The number of carbonyl (C=O) groups excluding carboxylic acids is 5. The maximum Gasteiger partial charge on any atom is 0.427 e. The Bertz CT molecular complexity index is 5970. The molecular weight excluding hydrogens is 2010 g/mol. The van der Waals surface area contributed by atoms with Crippen molar-refractivity contribution in [1.29, 1.82) is 0 Å². The van der Waals surface area contributed by atoms with Crippen molar-refractivity contribution in [3.05, 3.63) is 118 Å². The number of hydrogen-bond donors (Lipinski definition) is 6. The standard InChI is InChI=1S/C30H38O7S.C17H22O4S.C16H20O3S.C15H20F2O4S.C14H20F2O5S.C14H20F2O4S/c31-27(36-16-29-10-18-1-19(11-29)3-20(2-18)12-29)24-7-25(9-26(8-24)38(33,34)35)28(32)37-17-30-13-21-4-22(14-30)6-23(5-21)15-30;18-22(19,20)16-3-1-15(2-4-16)21-11-17-8-12-5-13(9-17)7-14(6-12)10-17;17-20(18,19)15-3-1-14(2-4-15)16-8-11-5-12(9-16)7-13(6-11)10-16;1-9(2)11-6-5-7-12(10(3)4)13(11)8-14(18)15(16,17)22(19,20)21;1-8(14(15,16)22(18,19)20)21-12(17)13-5-9-2-10(6-13)4-11(3-9)7-13;15-14(16,21(18,19)20)12(17)1-2-13-6-9-3-10(7-13)5-11(4-9)8-13/h7-9,18-23H,1-6,10-17H2,(H,33,34,35);1-4,12-14H,5-11H2,(H,18,19,20);1-4,11-13H,5-10H2,(H,17,18,19);5-7,9-10H,8H2,1-4H3,(H,19,20,21);8-11H,2-7H2,1H3,(H,18,19,20);9-11H,1-8H2,(H,18,19,20). The van der Waals surface area contributed by atoms with Crippen LogP contribution in [0, 0.1) is 134 Å². The van der Waals surface area contributed by atoms with Crippen molar-refractivity contribution in [3.63, 3.8) is 0 Å². The highest BCUT2D eigenvalue weighted by atomic mass is 32.2. The molecule has 24 fully saturated rings. The molecular formula is C106H140F6O27S6. The van der Waals surface area contributed by atoms with Gasteiger partial charge in [0, 0.05) is 29.1 Å². The minimum atomic E-state index is -5.77. The zero-order valence-corrected chi connectivity index (χ0v) is 87.8. The number of ketones is 2. The van der Waals surface area contributed by atoms with Crippen LogP contribution in [-0.2, 0) is 101 Å². The predicted molar refractivity (Wildman–Crippen MR) is 520 cm³/mol. The van der Waals surface area contributed by atoms with Gasteiger partial charge in [0.05, 0.1) is 51.0 Å². The minimum Gasteiger partial charge on any atom is -0.493 e. The van der Waals surface area contributed by atoms with Crippen LogP contribution in [-0.4, -0.2) is 149 Å². The molecule has 1 atom stereocenters. The van der Waals surface area contributed by atoms with E-state index in [4.69, 9.17) is 41.7 Å². The molecule has 0 saturated heterocycles. The van der Waals surface area contributed by atoms with Gasteiger partial charge in [-0.2, -0.15) is 76.8 Å². The van der Waals surface area contributed by atoms with Gasteiger partial charge in [-0.25, -0.2) is 9.59 Å². The summed E-state index contributed by atoms with van der Waals surface area (Å²) in [6, 6.07) is 21.8. The fourth-order valence-electron chi connectivity index (χ4n) is 33.9. The zero-order chi connectivity index (χ0) is 105. The Hall–Kier alpha value is -6.53. The lowest BCUT2D eigenvalue weighted by Crippen LogP contribution is -2.52. The second-order valence-electron chi connectivity index (χ2n) is 49.5. The Balaban J connectivity index is 0.000000121. The Labute approximate surface area is 847 Å². The smallest absolute Gasteiger partial charge is 0.427 e. The molecule has 0 amide bonds. The van der Waals surface area contributed by atoms with Gasteiger partial charge >= 0.3 is 64.0 Å². The van der Waals surface area contributed by atoms with Gasteiger partial charge in [-0.15, -0.1) is 0 Å². The summed E-state index contributed by atoms with van der Waals surface area (Å²) >= 11 is 0. The zero-order valence-electron chi connectivity index (χ0n) is 82.9. The number of benzene rings is 4. The number of carbonyl (C=O) groups is 5. The SMILES string of the molecule is CC(C)c1cccc(C(C)C)c1CC(=O)C(F)(F)S(=O)(=O)O.CC(OC(=O)C12CC3CC(CC(C3)C1)C2)C(F)(F)S(=O)(=O)O.O=C(CCC12CC3CC(CC(C3)C1)C2)C(F)(F)S(=O)(=O)O.O=C(OCC12CC3CC(CC(C3)C1)C2)c1cc(C(=O)OCC23CC4CC(CC(C4)C2)C3)cc(S(=O)(=O)O)c1.O=S(=O)(O)c1ccc(C23CC4CC(CC(C4)C2)C3)cc1.O=S(=O)(O)c1ccc(OCC23CC4CC(CC(C4)C2)C3)cc1. The quantitative estimate of drug-likeness (QED) is 0.0133. The van der Waals surface area contributed by atoms with Crippen molar-refractivity contribution < 1.29 is 147 Å². The highest BCUT2D eigenvalue weighted by molar-refractivity contribution is 7.88. The molecule has 0 heterocycles. The summed E-state index contributed by atoms with van der Waals surface area (Å²) in [4.78, 5) is 61.4. The molecule has 24 aliphatic carbocycles. The molecule has 27 nitrogen and oxygen atoms in total. The molecule has 0 spiro atoms. The topological polar surface area (TPSA) is 448 Å². The molecule has 804 valence electrons. The van der Waals surface area contributed by atoms with Crippen LogP contribution >= 0.6 is 0 Å². The van der Waals surface area contributed by atoms with E-state index in [2.05, 4.69) is 0 Å². The number of halogens is 6. The minimum absolute atomic E-state index is 0.00554. The van der Waals surface area contributed by atoms with Crippen LogP contribution < -0.4 is 4.74 Å². The van der Waals surface area contributed by atoms with Crippen molar-refractivity contribution in [2.45, 2.75) is 339 Å². The molecule has 24 saturated carbocycles. The van der Waals surface area contributed by atoms with Crippen molar-refractivity contribution in [2.24, 2.45) is 134 Å². The summed E-state index contributed by atoms with van der Waals surface area (Å²) in [5, 5.41) is -14.0. The molecule has 4 aromatic rings. The summed E-state index contributed by atoms with van der Waals surface area (Å²) in [5.41, 5.74) is 2.88. The lowest BCUT2D eigenvalue weighted by atomic mass is 9.48. The lowest BCUT2D eigenvalue weighted by Gasteiger charge is -2.57. The average Bonchev–Trinajstić information content (AvgIpc) is 0.758. The maximum absolute atomic E-state index is 13.5. The van der Waals surface area contributed by atoms with Crippen molar-refractivity contribution in [1.82, 2.24) is 0 Å². The van der Waals surface area contributed by atoms with E-state index in [1.807, 2.05) is 39.8 Å². The highest BCUT2D eigenvalue weighted by Crippen LogP contribution is 2.67. The van der Waals surface area contributed by atoms with Crippen LogP contribution in [0.2, 0.25) is 0 Å². The maximum atomic E-state index is 13.5. The van der Waals surface area contributed by atoms with Gasteiger partial charge in [-0.1, -0.05) is 58.0 Å². The summed E-state index contributed by atoms with van der Waals surface area (Å²) in [6.45, 7) is 9.59. The van der Waals surface area contributed by atoms with E-state index >= 15 is 0 Å². The van der Waals surface area contributed by atoms with E-state index in [0.29, 0.717) is 102 Å². The van der Waals surface area contributed by atoms with Crippen LogP contribution in [0.3, 0.4) is 0 Å². The van der Waals surface area contributed by atoms with Gasteiger partial charge in [-0.05, 0) is 451 Å². The fourth-order valence-corrected chi connectivity index (χ4v) is 36.6. The first-order valence-corrected chi connectivity index (χ1v) is 60.8. The Morgan fingerprint density at radius 1 is 0.352 bits per heavy atom. The van der Waals surface area contributed by atoms with Gasteiger partial charge in [-0.3, -0.25) is 41.7 Å². The molecule has 4 aromatic carbocycles. The monoisotopic (exact) mass is 2150 g/mol. The first-order chi connectivity index (χ1) is 67.5. The molecule has 145 heavy (non-hydrogen) atoms. The first-order valence-electron chi connectivity index (χ1n) is 52.1. The number of rotatable bonds is 28. The van der Waals surface area contributed by atoms with Gasteiger partial charge in [0.25, 0.3) is 30.4 Å². The van der Waals surface area contributed by atoms with Gasteiger partial charge in [0.2, 0.25) is 11.6 Å². The third kappa shape index (κ3) is 24.0. The van der Waals surface area contributed by atoms with Crippen molar-refractivity contribution in [3.8, 4) is 5.75 Å². The summed E-state index contributed by atoms with van der Waals surface area (Å²) < 4.78 is 289. The van der Waals surface area contributed by atoms with E-state index in [1.165, 1.54) is 159 Å². The van der Waals surface area contributed by atoms with E-state index in [-0.39, 0.29) is 54.4 Å². The average molecular weight is 2150 g/mol. The predicted octanol–water partition coefficient (Wildman–Crippen LogP) is 21.8. The normalized spacial score (nSPS) is 35.0. The third-order valence-electron chi connectivity index (χ3n) is 37.4. The summed E-state index contributed by atoms with van der Waals surface area (Å²) in [6.07, 6.45) is 39.1. The first kappa shape index (κ1) is 110. The van der Waals surface area contributed by atoms with Gasteiger partial charge in [0.15, 0.2) is 6.10 Å². The number of esters is 3. The van der Waals surface area contributed by atoms with E-state index in [1.54, 1.807) is 42.5 Å². The molecule has 1 unspecified atom stereocenters. The molecule has 24 aliphatic rings. The number of Topliss-reactive ketones (excluding diaryl/α,β-unsaturated/α-hetero) is 2. The molecule has 39 heteroatoms. The molecule has 24 bridgehead atoms. The van der Waals surface area contributed by atoms with Crippen LogP contribution in [0.25, 0.3) is 0 Å². The largest absolute Gasteiger partial charge is 0.493 e. The second kappa shape index (κ2) is 40.5. The Morgan fingerprint density at radius 2 is 0.641 bits per heavy atom. The second-order valence-corrected chi connectivity index (χ2v) is 58.2. The van der Waals surface area contributed by atoms with Crippen LogP contribution in [0.5, 0.6) is 5.75 Å². The van der Waals surface area contributed by atoms with E-state index in [9.17, 15) is 105 Å². The molecule has 28 rings (SSSR count). The number of alkyl halides is 6. The van der Waals surface area contributed by atoms with Crippen LogP contribution in [0.4, 0.5) is 26.3 Å². The summed E-state index contributed by atoms with van der Waals surface area (Å²) in [5.74, 6) is 8.00. The van der Waals surface area contributed by atoms with E-state index in [0.717, 1.165) is 174 Å². The van der Waals surface area contributed by atoms with Crippen molar-refractivity contribution in [2.75, 3.05) is 19.8 Å². The van der Waals surface area contributed by atoms with Crippen LogP contribution in [0.1, 0.15) is 333 Å². The summed E-state index contributed by atoms with van der Waals surface area (Å²) in [7, 11) is -29.9. The van der Waals surface area contributed by atoms with Gasteiger partial charge < -0.3 is 18.9 Å². The third-order valence-corrected chi connectivity index (χ3v) is 42.7. The Kier molecular flexibility index (Phi) is 30.6. The van der Waals surface area contributed by atoms with Crippen molar-refractivity contribution >= 4 is 90.2 Å². The molecule has 0 radical (unpaired) electrons. The van der Waals surface area contributed by atoms with Crippen LogP contribution in [0.15, 0.2) is 99.6 Å². The number of hydrogen-bond acceptors (Lipinski definition) is 21. The number of ether oxygens (including phenoxy) is 4. The molecule has 6 N–H and O–H groups in total. The van der Waals surface area contributed by atoms with Gasteiger partial charge in [0.1, 0.15) is 5.75 Å². The fraction of sp³-hybridized carbons (Fsp3) is 0.726. The molecule has 0 aliphatic heterocycles. The van der Waals surface area contributed by atoms with E-state index < -0.39 is 135 Å². The Morgan fingerprint density at radius 3 is 0.945 bits per heavy atom.